The predicted octanol–water partition coefficient (Wildman–Crippen LogP) is 4.22. The van der Waals surface area contributed by atoms with Gasteiger partial charge in [-0.1, -0.05) is 35.3 Å². The van der Waals surface area contributed by atoms with Crippen molar-refractivity contribution in [2.45, 2.75) is 18.4 Å². The van der Waals surface area contributed by atoms with E-state index in [1.165, 1.54) is 35.2 Å². The van der Waals surface area contributed by atoms with Crippen molar-refractivity contribution >= 4 is 45.0 Å². The smallest absolute Gasteiger partial charge is 0.360 e. The molecule has 3 aromatic rings. The van der Waals surface area contributed by atoms with Crippen LogP contribution < -0.4 is 4.72 Å². The summed E-state index contributed by atoms with van der Waals surface area (Å²) in [7, 11) is -3.99. The van der Waals surface area contributed by atoms with Crippen molar-refractivity contribution in [3.05, 3.63) is 76.2 Å². The second-order valence-corrected chi connectivity index (χ2v) is 8.53. The molecule has 2 aromatic carbocycles. The molecule has 0 amide bonds. The summed E-state index contributed by atoms with van der Waals surface area (Å²) in [6.07, 6.45) is 1.38. The topological polar surface area (TPSA) is 90.3 Å². The molecular weight excluding hydrogens is 437 g/mol. The van der Waals surface area contributed by atoms with Gasteiger partial charge in [0.05, 0.1) is 24.4 Å². The van der Waals surface area contributed by atoms with E-state index in [9.17, 15) is 13.2 Å². The van der Waals surface area contributed by atoms with E-state index in [1.54, 1.807) is 31.2 Å². The number of hydrogen-bond acceptors (Lipinski definition) is 5. The second-order valence-electron chi connectivity index (χ2n) is 5.98. The molecule has 0 atom stereocenters. The molecule has 0 saturated carbocycles. The fourth-order valence-corrected chi connectivity index (χ4v) is 3.88. The standard InChI is InChI=1S/C19H17Cl2N3O4S/c1-2-28-19(25)17-18(23-29(26,27)16-9-7-15(21)8-10-16)24(12-22-17)11-13-3-5-14(20)6-4-13/h3-10,12,23H,2,11H2,1H3. The number of esters is 1. The zero-order valence-electron chi connectivity index (χ0n) is 15.3. The molecule has 1 aromatic heterocycles. The molecule has 0 radical (unpaired) electrons. The average Bonchev–Trinajstić information content (AvgIpc) is 3.06. The van der Waals surface area contributed by atoms with E-state index in [4.69, 9.17) is 27.9 Å². The average molecular weight is 454 g/mol. The van der Waals surface area contributed by atoms with Crippen molar-refractivity contribution in [1.29, 1.82) is 0 Å². The molecule has 10 heteroatoms. The van der Waals surface area contributed by atoms with Crippen LogP contribution in [0.4, 0.5) is 5.82 Å². The molecule has 0 bridgehead atoms. The molecule has 0 fully saturated rings. The van der Waals surface area contributed by atoms with Crippen LogP contribution in [-0.4, -0.2) is 30.5 Å². The summed E-state index contributed by atoms with van der Waals surface area (Å²) in [5.74, 6) is -0.718. The number of imidazole rings is 1. The minimum Gasteiger partial charge on any atom is -0.461 e. The van der Waals surface area contributed by atoms with Gasteiger partial charge in [0, 0.05) is 10.0 Å². The molecule has 0 aliphatic carbocycles. The number of aromatic nitrogens is 2. The summed E-state index contributed by atoms with van der Waals surface area (Å²) < 4.78 is 34.6. The van der Waals surface area contributed by atoms with Gasteiger partial charge in [-0.05, 0) is 48.9 Å². The first-order chi connectivity index (χ1) is 13.8. The quantitative estimate of drug-likeness (QED) is 0.540. The number of carbonyl (C=O) groups excluding carboxylic acids is 1. The maximum Gasteiger partial charge on any atom is 0.360 e. The lowest BCUT2D eigenvalue weighted by Gasteiger charge is -2.13. The number of ether oxygens (including phenoxy) is 1. The van der Waals surface area contributed by atoms with Gasteiger partial charge in [-0.3, -0.25) is 4.72 Å². The first-order valence-corrected chi connectivity index (χ1v) is 10.8. The fraction of sp³-hybridized carbons (Fsp3) is 0.158. The summed E-state index contributed by atoms with van der Waals surface area (Å²) in [4.78, 5) is 16.3. The molecular formula is C19H17Cl2N3O4S. The van der Waals surface area contributed by atoms with E-state index in [2.05, 4.69) is 9.71 Å². The third-order valence-electron chi connectivity index (χ3n) is 3.93. The van der Waals surface area contributed by atoms with Crippen LogP contribution in [0.3, 0.4) is 0 Å². The van der Waals surface area contributed by atoms with E-state index >= 15 is 0 Å². The summed E-state index contributed by atoms with van der Waals surface area (Å²) in [6.45, 7) is 2.05. The number of rotatable bonds is 7. The highest BCUT2D eigenvalue weighted by Crippen LogP contribution is 2.23. The van der Waals surface area contributed by atoms with Gasteiger partial charge in [-0.2, -0.15) is 0 Å². The molecule has 29 heavy (non-hydrogen) atoms. The number of hydrogen-bond donors (Lipinski definition) is 1. The number of sulfonamides is 1. The van der Waals surface area contributed by atoms with E-state index in [0.717, 1.165) is 5.56 Å². The van der Waals surface area contributed by atoms with Crippen LogP contribution in [0.5, 0.6) is 0 Å². The van der Waals surface area contributed by atoms with E-state index in [0.29, 0.717) is 10.0 Å². The minimum atomic E-state index is -3.99. The van der Waals surface area contributed by atoms with Gasteiger partial charge in [-0.15, -0.1) is 0 Å². The maximum absolute atomic E-state index is 12.8. The van der Waals surface area contributed by atoms with Crippen molar-refractivity contribution in [3.8, 4) is 0 Å². The lowest BCUT2D eigenvalue weighted by Crippen LogP contribution is -2.19. The molecule has 3 rings (SSSR count). The number of anilines is 1. The molecule has 7 nitrogen and oxygen atoms in total. The number of halogens is 2. The van der Waals surface area contributed by atoms with Crippen molar-refractivity contribution < 1.29 is 17.9 Å². The molecule has 0 aliphatic rings. The van der Waals surface area contributed by atoms with Crippen LogP contribution in [0, 0.1) is 0 Å². The van der Waals surface area contributed by atoms with Gasteiger partial charge in [0.1, 0.15) is 0 Å². The first-order valence-electron chi connectivity index (χ1n) is 8.55. The molecule has 0 spiro atoms. The van der Waals surface area contributed by atoms with E-state index in [-0.39, 0.29) is 29.6 Å². The SMILES string of the molecule is CCOC(=O)c1ncn(Cc2ccc(Cl)cc2)c1NS(=O)(=O)c1ccc(Cl)cc1. The Morgan fingerprint density at radius 3 is 2.24 bits per heavy atom. The lowest BCUT2D eigenvalue weighted by molar-refractivity contribution is 0.0521. The fourth-order valence-electron chi connectivity index (χ4n) is 2.54. The van der Waals surface area contributed by atoms with Gasteiger partial charge in [0.25, 0.3) is 10.0 Å². The Hall–Kier alpha value is -2.55. The predicted molar refractivity (Wildman–Crippen MR) is 111 cm³/mol. The van der Waals surface area contributed by atoms with Gasteiger partial charge in [0.15, 0.2) is 11.5 Å². The maximum atomic E-state index is 12.8. The van der Waals surface area contributed by atoms with Crippen LogP contribution in [0.15, 0.2) is 59.8 Å². The minimum absolute atomic E-state index is 0.00375. The van der Waals surface area contributed by atoms with Crippen molar-refractivity contribution in [2.24, 2.45) is 0 Å². The highest BCUT2D eigenvalue weighted by Gasteiger charge is 2.24. The van der Waals surface area contributed by atoms with Crippen LogP contribution in [-0.2, 0) is 21.3 Å². The normalized spacial score (nSPS) is 11.3. The van der Waals surface area contributed by atoms with Crippen LogP contribution >= 0.6 is 23.2 Å². The van der Waals surface area contributed by atoms with E-state index < -0.39 is 16.0 Å². The Kier molecular flexibility index (Phi) is 6.46. The van der Waals surface area contributed by atoms with Crippen molar-refractivity contribution in [2.75, 3.05) is 11.3 Å². The Balaban J connectivity index is 1.99. The number of nitrogens with zero attached hydrogens (tertiary/aromatic N) is 2. The summed E-state index contributed by atoms with van der Waals surface area (Å²) in [5.41, 5.74) is 0.715. The third kappa shape index (κ3) is 5.09. The highest BCUT2D eigenvalue weighted by atomic mass is 35.5. The van der Waals surface area contributed by atoms with Crippen LogP contribution in [0.1, 0.15) is 23.0 Å². The molecule has 0 saturated heterocycles. The molecule has 0 unspecified atom stereocenters. The molecule has 1 N–H and O–H groups in total. The Morgan fingerprint density at radius 1 is 1.07 bits per heavy atom. The summed E-state index contributed by atoms with van der Waals surface area (Å²) in [5, 5.41) is 0.985. The highest BCUT2D eigenvalue weighted by molar-refractivity contribution is 7.92. The van der Waals surface area contributed by atoms with E-state index in [1.807, 2.05) is 0 Å². The summed E-state index contributed by atoms with van der Waals surface area (Å²) >= 11 is 11.7. The molecule has 152 valence electrons. The van der Waals surface area contributed by atoms with Gasteiger partial charge < -0.3 is 9.30 Å². The third-order valence-corrected chi connectivity index (χ3v) is 5.79. The van der Waals surface area contributed by atoms with Gasteiger partial charge in [0.2, 0.25) is 0 Å². The zero-order chi connectivity index (χ0) is 21.0. The Bertz CT molecular complexity index is 1110. The Morgan fingerprint density at radius 2 is 1.66 bits per heavy atom. The Labute approximate surface area is 178 Å². The van der Waals surface area contributed by atoms with Crippen LogP contribution in [0.2, 0.25) is 10.0 Å². The summed E-state index contributed by atoms with van der Waals surface area (Å²) in [6, 6.07) is 12.7. The molecule has 1 heterocycles. The number of carbonyl (C=O) groups is 1. The first kappa shape index (κ1) is 21.2. The number of nitrogens with one attached hydrogen (secondary N) is 1. The lowest BCUT2D eigenvalue weighted by atomic mass is 10.2. The largest absolute Gasteiger partial charge is 0.461 e. The number of benzene rings is 2. The van der Waals surface area contributed by atoms with Gasteiger partial charge >= 0.3 is 5.97 Å². The van der Waals surface area contributed by atoms with Gasteiger partial charge in [-0.25, -0.2) is 18.2 Å². The monoisotopic (exact) mass is 453 g/mol. The zero-order valence-corrected chi connectivity index (χ0v) is 17.6. The molecule has 0 aliphatic heterocycles. The second kappa shape index (κ2) is 8.86. The van der Waals surface area contributed by atoms with Crippen LogP contribution in [0.25, 0.3) is 0 Å². The van der Waals surface area contributed by atoms with Crippen molar-refractivity contribution in [3.63, 3.8) is 0 Å². The van der Waals surface area contributed by atoms with Crippen molar-refractivity contribution in [1.82, 2.24) is 9.55 Å².